The van der Waals surface area contributed by atoms with E-state index in [9.17, 15) is 4.79 Å². The van der Waals surface area contributed by atoms with Gasteiger partial charge in [0.25, 0.3) is 0 Å². The van der Waals surface area contributed by atoms with Crippen LogP contribution in [0.4, 0.5) is 0 Å². The molecular formula is C22H25NO3. The molecule has 0 aliphatic carbocycles. The van der Waals surface area contributed by atoms with Gasteiger partial charge in [-0.2, -0.15) is 0 Å². The Morgan fingerprint density at radius 1 is 1.27 bits per heavy atom. The number of hydrogen-bond donors (Lipinski definition) is 1. The molecule has 2 aromatic rings. The number of methoxy groups -OCH3 is 1. The van der Waals surface area contributed by atoms with Crippen LogP contribution in [0.15, 0.2) is 54.8 Å². The zero-order chi connectivity index (χ0) is 18.9. The van der Waals surface area contributed by atoms with Gasteiger partial charge in [-0.25, -0.2) is 4.79 Å². The lowest BCUT2D eigenvalue weighted by molar-refractivity contribution is 0.0696. The largest absolute Gasteiger partial charge is 0.496 e. The number of aromatic nitrogens is 1. The van der Waals surface area contributed by atoms with Crippen LogP contribution >= 0.6 is 0 Å². The molecule has 2 rings (SSSR count). The SMILES string of the molecule is COc1cc(C)ccc1CCC/C=C\C=C(/C)c1cc(C(=O)O)ccn1. The predicted octanol–water partition coefficient (Wildman–Crippen LogP) is 5.08. The quantitative estimate of drug-likeness (QED) is 0.532. The number of benzene rings is 1. The number of carboxylic acids is 1. The van der Waals surface area contributed by atoms with Gasteiger partial charge in [-0.1, -0.05) is 30.4 Å². The Hall–Kier alpha value is -2.88. The fraction of sp³-hybridized carbons (Fsp3) is 0.273. The summed E-state index contributed by atoms with van der Waals surface area (Å²) in [5, 5.41) is 9.04. The summed E-state index contributed by atoms with van der Waals surface area (Å²) >= 11 is 0. The van der Waals surface area contributed by atoms with Crippen molar-refractivity contribution in [1.82, 2.24) is 4.98 Å². The van der Waals surface area contributed by atoms with Crippen molar-refractivity contribution < 1.29 is 14.6 Å². The minimum atomic E-state index is -0.941. The Balaban J connectivity index is 1.88. The number of ether oxygens (including phenoxy) is 1. The first kappa shape index (κ1) is 19.4. The summed E-state index contributed by atoms with van der Waals surface area (Å²) in [5.74, 6) is 0.0117. The predicted molar refractivity (Wildman–Crippen MR) is 105 cm³/mol. The number of pyridine rings is 1. The smallest absolute Gasteiger partial charge is 0.335 e. The van der Waals surface area contributed by atoms with Crippen molar-refractivity contribution in [3.8, 4) is 5.75 Å². The summed E-state index contributed by atoms with van der Waals surface area (Å²) in [5.41, 5.74) is 4.29. The Kier molecular flexibility index (Phi) is 7.15. The molecule has 1 N–H and O–H groups in total. The van der Waals surface area contributed by atoms with Crippen LogP contribution in [-0.2, 0) is 6.42 Å². The summed E-state index contributed by atoms with van der Waals surface area (Å²) < 4.78 is 5.43. The van der Waals surface area contributed by atoms with Crippen molar-refractivity contribution in [3.05, 3.63) is 77.1 Å². The number of carboxylic acid groups (broad SMARTS) is 1. The van der Waals surface area contributed by atoms with E-state index in [-0.39, 0.29) is 5.56 Å². The summed E-state index contributed by atoms with van der Waals surface area (Å²) in [4.78, 5) is 15.2. The highest BCUT2D eigenvalue weighted by molar-refractivity contribution is 5.88. The lowest BCUT2D eigenvalue weighted by Gasteiger charge is -2.08. The number of allylic oxidation sites excluding steroid dienone is 4. The van der Waals surface area contributed by atoms with E-state index in [1.165, 1.54) is 23.4 Å². The maximum Gasteiger partial charge on any atom is 0.335 e. The van der Waals surface area contributed by atoms with Crippen LogP contribution in [0.3, 0.4) is 0 Å². The number of nitrogens with zero attached hydrogens (tertiary/aromatic N) is 1. The van der Waals surface area contributed by atoms with Crippen LogP contribution in [0.25, 0.3) is 5.57 Å². The summed E-state index contributed by atoms with van der Waals surface area (Å²) in [6, 6.07) is 9.39. The molecule has 0 unspecified atom stereocenters. The first-order chi connectivity index (χ1) is 12.5. The Morgan fingerprint density at radius 2 is 2.08 bits per heavy atom. The third kappa shape index (κ3) is 5.59. The molecule has 0 aliphatic heterocycles. The van der Waals surface area contributed by atoms with Crippen LogP contribution < -0.4 is 4.74 Å². The Labute approximate surface area is 154 Å². The molecule has 0 spiro atoms. The molecule has 4 nitrogen and oxygen atoms in total. The van der Waals surface area contributed by atoms with Crippen LogP contribution in [0, 0.1) is 6.92 Å². The number of unbranched alkanes of at least 4 members (excludes halogenated alkanes) is 1. The molecule has 136 valence electrons. The van der Waals surface area contributed by atoms with Gasteiger partial charge in [0.1, 0.15) is 5.75 Å². The molecule has 4 heteroatoms. The van der Waals surface area contributed by atoms with Gasteiger partial charge in [0.15, 0.2) is 0 Å². The third-order valence-electron chi connectivity index (χ3n) is 4.15. The van der Waals surface area contributed by atoms with E-state index in [0.717, 1.165) is 30.6 Å². The maximum atomic E-state index is 11.0. The van der Waals surface area contributed by atoms with E-state index in [1.807, 2.05) is 19.1 Å². The highest BCUT2D eigenvalue weighted by Gasteiger charge is 2.05. The zero-order valence-electron chi connectivity index (χ0n) is 15.5. The topological polar surface area (TPSA) is 59.4 Å². The number of hydrogen-bond acceptors (Lipinski definition) is 3. The van der Waals surface area contributed by atoms with E-state index in [4.69, 9.17) is 9.84 Å². The minimum absolute atomic E-state index is 0.249. The van der Waals surface area contributed by atoms with Crippen molar-refractivity contribution in [2.75, 3.05) is 7.11 Å². The molecule has 1 aromatic carbocycles. The van der Waals surface area contributed by atoms with Crippen molar-refractivity contribution >= 4 is 11.5 Å². The molecule has 0 atom stereocenters. The Morgan fingerprint density at radius 3 is 2.81 bits per heavy atom. The summed E-state index contributed by atoms with van der Waals surface area (Å²) in [6.07, 6.45) is 10.6. The van der Waals surface area contributed by atoms with E-state index in [1.54, 1.807) is 13.2 Å². The summed E-state index contributed by atoms with van der Waals surface area (Å²) in [6.45, 7) is 3.99. The molecule has 0 fully saturated rings. The van der Waals surface area contributed by atoms with Crippen LogP contribution in [0.2, 0.25) is 0 Å². The lowest BCUT2D eigenvalue weighted by atomic mass is 10.0. The third-order valence-corrected chi connectivity index (χ3v) is 4.15. The zero-order valence-corrected chi connectivity index (χ0v) is 15.5. The van der Waals surface area contributed by atoms with Gasteiger partial charge in [-0.15, -0.1) is 0 Å². The number of rotatable bonds is 8. The fourth-order valence-corrected chi connectivity index (χ4v) is 2.64. The molecule has 0 saturated heterocycles. The molecule has 0 aliphatic rings. The van der Waals surface area contributed by atoms with Crippen LogP contribution in [0.5, 0.6) is 5.75 Å². The van der Waals surface area contributed by atoms with Crippen molar-refractivity contribution in [2.24, 2.45) is 0 Å². The van der Waals surface area contributed by atoms with E-state index >= 15 is 0 Å². The standard InChI is InChI=1S/C22H25NO3/c1-16-10-11-18(21(14-16)26-3)9-7-5-4-6-8-17(2)20-15-19(22(24)25)12-13-23-20/h4,6,8,10-15H,5,7,9H2,1-3H3,(H,24,25)/b6-4-,17-8+. The van der Waals surface area contributed by atoms with Gasteiger partial charge >= 0.3 is 5.97 Å². The molecule has 0 saturated carbocycles. The second-order valence-corrected chi connectivity index (χ2v) is 6.22. The van der Waals surface area contributed by atoms with Crippen LogP contribution in [0.1, 0.15) is 46.9 Å². The maximum absolute atomic E-state index is 11.0. The first-order valence-electron chi connectivity index (χ1n) is 8.68. The van der Waals surface area contributed by atoms with E-state index in [0.29, 0.717) is 5.69 Å². The van der Waals surface area contributed by atoms with E-state index in [2.05, 4.69) is 36.2 Å². The van der Waals surface area contributed by atoms with Crippen molar-refractivity contribution in [2.45, 2.75) is 33.1 Å². The van der Waals surface area contributed by atoms with Crippen molar-refractivity contribution in [3.63, 3.8) is 0 Å². The highest BCUT2D eigenvalue weighted by atomic mass is 16.5. The molecular weight excluding hydrogens is 326 g/mol. The van der Waals surface area contributed by atoms with Gasteiger partial charge in [0.05, 0.1) is 18.4 Å². The second kappa shape index (κ2) is 9.56. The average molecular weight is 351 g/mol. The normalized spacial score (nSPS) is 11.7. The van der Waals surface area contributed by atoms with Gasteiger partial charge in [-0.05, 0) is 68.0 Å². The van der Waals surface area contributed by atoms with Gasteiger partial charge < -0.3 is 9.84 Å². The monoisotopic (exact) mass is 351 g/mol. The van der Waals surface area contributed by atoms with E-state index < -0.39 is 5.97 Å². The molecule has 26 heavy (non-hydrogen) atoms. The number of aromatic carboxylic acids is 1. The fourth-order valence-electron chi connectivity index (χ4n) is 2.64. The molecule has 0 amide bonds. The molecule has 0 radical (unpaired) electrons. The lowest BCUT2D eigenvalue weighted by Crippen LogP contribution is -1.98. The first-order valence-corrected chi connectivity index (χ1v) is 8.68. The molecule has 0 bridgehead atoms. The van der Waals surface area contributed by atoms with Crippen LogP contribution in [-0.4, -0.2) is 23.2 Å². The second-order valence-electron chi connectivity index (χ2n) is 6.22. The van der Waals surface area contributed by atoms with Gasteiger partial charge in [-0.3, -0.25) is 4.98 Å². The van der Waals surface area contributed by atoms with Gasteiger partial charge in [0.2, 0.25) is 0 Å². The number of aryl methyl sites for hydroxylation is 2. The number of carbonyl (C=O) groups is 1. The highest BCUT2D eigenvalue weighted by Crippen LogP contribution is 2.21. The van der Waals surface area contributed by atoms with Crippen molar-refractivity contribution in [1.29, 1.82) is 0 Å². The minimum Gasteiger partial charge on any atom is -0.496 e. The summed E-state index contributed by atoms with van der Waals surface area (Å²) in [7, 11) is 1.71. The average Bonchev–Trinajstić information content (AvgIpc) is 2.65. The Bertz CT molecular complexity index is 822. The molecule has 1 heterocycles. The van der Waals surface area contributed by atoms with Gasteiger partial charge in [0, 0.05) is 6.20 Å². The molecule has 1 aromatic heterocycles.